The maximum atomic E-state index is 13.9. The largest absolute Gasteiger partial charge is 0.392 e. The monoisotopic (exact) mass is 293 g/mol. The number of rotatable bonds is 5. The van der Waals surface area contributed by atoms with Gasteiger partial charge in [-0.1, -0.05) is 24.3 Å². The van der Waals surface area contributed by atoms with Crippen molar-refractivity contribution in [1.29, 1.82) is 0 Å². The highest BCUT2D eigenvalue weighted by molar-refractivity contribution is 7.98. The molecular weight excluding hydrogens is 281 g/mol. The van der Waals surface area contributed by atoms with E-state index in [0.29, 0.717) is 11.3 Å². The highest BCUT2D eigenvalue weighted by Gasteiger charge is 2.16. The molecule has 0 fully saturated rings. The summed E-state index contributed by atoms with van der Waals surface area (Å²) in [6.45, 7) is -0.0234. The normalized spacial score (nSPS) is 10.5. The average molecular weight is 293 g/mol. The number of aliphatic hydroxyl groups excluding tert-OH is 1. The van der Waals surface area contributed by atoms with Gasteiger partial charge in [-0.3, -0.25) is 10.1 Å². The zero-order valence-electron chi connectivity index (χ0n) is 10.5. The van der Waals surface area contributed by atoms with Gasteiger partial charge in [0.2, 0.25) is 5.82 Å². The molecule has 0 aliphatic rings. The number of hydrogen-bond acceptors (Lipinski definition) is 4. The molecule has 0 radical (unpaired) electrons. The van der Waals surface area contributed by atoms with Gasteiger partial charge in [-0.05, 0) is 17.7 Å². The van der Waals surface area contributed by atoms with Crippen molar-refractivity contribution in [3.05, 3.63) is 69.5 Å². The summed E-state index contributed by atoms with van der Waals surface area (Å²) in [4.78, 5) is 10.8. The van der Waals surface area contributed by atoms with Gasteiger partial charge in [0.1, 0.15) is 0 Å². The van der Waals surface area contributed by atoms with E-state index in [1.54, 1.807) is 12.1 Å². The van der Waals surface area contributed by atoms with Crippen molar-refractivity contribution in [3.63, 3.8) is 0 Å². The molecule has 0 aliphatic heterocycles. The molecule has 4 nitrogen and oxygen atoms in total. The summed E-state index contributed by atoms with van der Waals surface area (Å²) < 4.78 is 13.9. The van der Waals surface area contributed by atoms with Gasteiger partial charge in [0.05, 0.1) is 11.5 Å². The van der Waals surface area contributed by atoms with Crippen LogP contribution in [0.2, 0.25) is 0 Å². The number of nitro groups is 1. The summed E-state index contributed by atoms with van der Waals surface area (Å²) in [5.41, 5.74) is 0.602. The topological polar surface area (TPSA) is 63.4 Å². The first-order chi connectivity index (χ1) is 9.61. The third-order valence-electron chi connectivity index (χ3n) is 2.76. The summed E-state index contributed by atoms with van der Waals surface area (Å²) in [6, 6.07) is 11.4. The standard InChI is InChI=1S/C14H12FNO3S/c15-14-11(2-1-3-13(14)16(18)19)9-20-12-6-4-10(8-17)5-7-12/h1-7,17H,8-9H2. The Kier molecular flexibility index (Phi) is 4.70. The number of benzene rings is 2. The van der Waals surface area contributed by atoms with Crippen LogP contribution < -0.4 is 0 Å². The van der Waals surface area contributed by atoms with Crippen molar-refractivity contribution >= 4 is 17.4 Å². The molecular formula is C14H12FNO3S. The molecule has 0 heterocycles. The molecule has 0 bridgehead atoms. The number of thioether (sulfide) groups is 1. The highest BCUT2D eigenvalue weighted by Crippen LogP contribution is 2.27. The molecule has 20 heavy (non-hydrogen) atoms. The molecule has 0 aliphatic carbocycles. The molecule has 0 unspecified atom stereocenters. The minimum absolute atomic E-state index is 0.0234. The van der Waals surface area contributed by atoms with Gasteiger partial charge in [-0.25, -0.2) is 0 Å². The van der Waals surface area contributed by atoms with Crippen molar-refractivity contribution in [2.75, 3.05) is 0 Å². The lowest BCUT2D eigenvalue weighted by Gasteiger charge is -2.04. The molecule has 1 N–H and O–H groups in total. The Morgan fingerprint density at radius 1 is 1.20 bits per heavy atom. The molecule has 2 aromatic rings. The number of aliphatic hydroxyl groups is 1. The van der Waals surface area contributed by atoms with Crippen molar-refractivity contribution in [2.45, 2.75) is 17.3 Å². The summed E-state index contributed by atoms with van der Waals surface area (Å²) in [6.07, 6.45) is 0. The number of hydrogen-bond donors (Lipinski definition) is 1. The van der Waals surface area contributed by atoms with Crippen molar-refractivity contribution in [1.82, 2.24) is 0 Å². The van der Waals surface area contributed by atoms with E-state index in [-0.39, 0.29) is 6.61 Å². The summed E-state index contributed by atoms with van der Waals surface area (Å²) in [5, 5.41) is 19.6. The maximum absolute atomic E-state index is 13.9. The minimum atomic E-state index is -0.781. The van der Waals surface area contributed by atoms with Crippen LogP contribution in [0.1, 0.15) is 11.1 Å². The van der Waals surface area contributed by atoms with Crippen LogP contribution in [-0.4, -0.2) is 10.0 Å². The van der Waals surface area contributed by atoms with E-state index in [9.17, 15) is 14.5 Å². The SMILES string of the molecule is O=[N+]([O-])c1cccc(CSc2ccc(CO)cc2)c1F. The third kappa shape index (κ3) is 3.34. The van der Waals surface area contributed by atoms with Crippen molar-refractivity contribution < 1.29 is 14.4 Å². The van der Waals surface area contributed by atoms with Crippen LogP contribution in [0.25, 0.3) is 0 Å². The predicted molar refractivity (Wildman–Crippen MR) is 75.0 cm³/mol. The average Bonchev–Trinajstić information content (AvgIpc) is 2.46. The first-order valence-corrected chi connectivity index (χ1v) is 6.84. The number of nitro benzene ring substituents is 1. The Labute approximate surface area is 119 Å². The van der Waals surface area contributed by atoms with Gasteiger partial charge in [0.15, 0.2) is 0 Å². The minimum Gasteiger partial charge on any atom is -0.392 e. The van der Waals surface area contributed by atoms with Gasteiger partial charge in [0, 0.05) is 22.3 Å². The summed E-state index contributed by atoms with van der Waals surface area (Å²) in [7, 11) is 0. The Morgan fingerprint density at radius 2 is 1.90 bits per heavy atom. The van der Waals surface area contributed by atoms with E-state index in [4.69, 9.17) is 5.11 Å². The number of halogens is 1. The molecule has 6 heteroatoms. The first kappa shape index (κ1) is 14.5. The highest BCUT2D eigenvalue weighted by atomic mass is 32.2. The summed E-state index contributed by atoms with van der Waals surface area (Å²) in [5.74, 6) is -0.469. The van der Waals surface area contributed by atoms with Gasteiger partial charge in [0.25, 0.3) is 0 Å². The van der Waals surface area contributed by atoms with Gasteiger partial charge < -0.3 is 5.11 Å². The van der Waals surface area contributed by atoms with Crippen LogP contribution in [0.5, 0.6) is 0 Å². The lowest BCUT2D eigenvalue weighted by molar-refractivity contribution is -0.387. The Hall–Kier alpha value is -1.92. The first-order valence-electron chi connectivity index (χ1n) is 5.86. The van der Waals surface area contributed by atoms with E-state index in [1.165, 1.54) is 23.9 Å². The van der Waals surface area contributed by atoms with Crippen LogP contribution >= 0.6 is 11.8 Å². The fourth-order valence-corrected chi connectivity index (χ4v) is 2.54. The second-order valence-corrected chi connectivity index (χ2v) is 5.15. The Morgan fingerprint density at radius 3 is 2.50 bits per heavy atom. The molecule has 0 saturated heterocycles. The molecule has 0 spiro atoms. The molecule has 0 amide bonds. The Bertz CT molecular complexity index is 616. The van der Waals surface area contributed by atoms with Crippen LogP contribution in [0.4, 0.5) is 10.1 Å². The number of nitrogens with zero attached hydrogens (tertiary/aromatic N) is 1. The quantitative estimate of drug-likeness (QED) is 0.520. The zero-order chi connectivity index (χ0) is 14.5. The van der Waals surface area contributed by atoms with E-state index in [2.05, 4.69) is 0 Å². The van der Waals surface area contributed by atoms with Crippen LogP contribution in [0, 0.1) is 15.9 Å². The van der Waals surface area contributed by atoms with Crippen LogP contribution in [-0.2, 0) is 12.4 Å². The Balaban J connectivity index is 2.10. The van der Waals surface area contributed by atoms with E-state index < -0.39 is 16.4 Å². The molecule has 0 aromatic heterocycles. The smallest absolute Gasteiger partial charge is 0.305 e. The van der Waals surface area contributed by atoms with Crippen molar-refractivity contribution in [2.24, 2.45) is 0 Å². The second kappa shape index (κ2) is 6.49. The molecule has 0 saturated carbocycles. The third-order valence-corrected chi connectivity index (χ3v) is 3.82. The van der Waals surface area contributed by atoms with Gasteiger partial charge in [-0.15, -0.1) is 11.8 Å². The van der Waals surface area contributed by atoms with E-state index in [0.717, 1.165) is 16.5 Å². The predicted octanol–water partition coefficient (Wildman–Crippen LogP) is 3.52. The lowest BCUT2D eigenvalue weighted by atomic mass is 10.2. The maximum Gasteiger partial charge on any atom is 0.305 e. The lowest BCUT2D eigenvalue weighted by Crippen LogP contribution is -1.96. The molecule has 0 atom stereocenters. The van der Waals surface area contributed by atoms with E-state index >= 15 is 0 Å². The molecule has 104 valence electrons. The molecule has 2 aromatic carbocycles. The fraction of sp³-hybridized carbons (Fsp3) is 0.143. The van der Waals surface area contributed by atoms with Crippen LogP contribution in [0.15, 0.2) is 47.4 Å². The molecule has 2 rings (SSSR count). The van der Waals surface area contributed by atoms with Crippen LogP contribution in [0.3, 0.4) is 0 Å². The van der Waals surface area contributed by atoms with E-state index in [1.807, 2.05) is 12.1 Å². The zero-order valence-corrected chi connectivity index (χ0v) is 11.3. The second-order valence-electron chi connectivity index (χ2n) is 4.10. The van der Waals surface area contributed by atoms with Gasteiger partial charge in [-0.2, -0.15) is 4.39 Å². The van der Waals surface area contributed by atoms with Crippen molar-refractivity contribution in [3.8, 4) is 0 Å². The summed E-state index contributed by atoms with van der Waals surface area (Å²) >= 11 is 1.38. The van der Waals surface area contributed by atoms with Gasteiger partial charge >= 0.3 is 5.69 Å². The fourth-order valence-electron chi connectivity index (χ4n) is 1.67.